The zero-order chi connectivity index (χ0) is 13.6. The first-order chi connectivity index (χ1) is 8.41. The van der Waals surface area contributed by atoms with Crippen LogP contribution in [0.2, 0.25) is 0 Å². The maximum Gasteiger partial charge on any atom is 0.191 e. The summed E-state index contributed by atoms with van der Waals surface area (Å²) in [6.07, 6.45) is 4.41. The lowest BCUT2D eigenvalue weighted by Crippen LogP contribution is -2.48. The van der Waals surface area contributed by atoms with E-state index in [-0.39, 0.29) is 10.3 Å². The molecule has 0 aromatic carbocycles. The van der Waals surface area contributed by atoms with Crippen LogP contribution in [0.5, 0.6) is 0 Å². The third kappa shape index (κ3) is 5.06. The van der Waals surface area contributed by atoms with Crippen molar-refractivity contribution in [2.75, 3.05) is 33.0 Å². The molecule has 0 spiro atoms. The number of hydrogen-bond donors (Lipinski definition) is 2. The molecule has 0 amide bonds. The van der Waals surface area contributed by atoms with Gasteiger partial charge in [-0.3, -0.25) is 4.99 Å². The summed E-state index contributed by atoms with van der Waals surface area (Å²) in [5.41, 5.74) is -0.0351. The number of thioether (sulfide) groups is 1. The SMILES string of the molecule is CN=C(NCC1(C)CCCO1)NCC(C)(C)SC. The van der Waals surface area contributed by atoms with Gasteiger partial charge >= 0.3 is 0 Å². The van der Waals surface area contributed by atoms with Gasteiger partial charge in [-0.05, 0) is 39.9 Å². The Balaban J connectivity index is 2.34. The molecule has 1 fully saturated rings. The topological polar surface area (TPSA) is 45.7 Å². The second-order valence-corrected chi connectivity index (χ2v) is 7.16. The van der Waals surface area contributed by atoms with Gasteiger partial charge in [0.2, 0.25) is 0 Å². The van der Waals surface area contributed by atoms with Gasteiger partial charge in [0.25, 0.3) is 0 Å². The number of nitrogens with one attached hydrogen (secondary N) is 2. The number of rotatable bonds is 5. The Morgan fingerprint density at radius 2 is 2.17 bits per heavy atom. The highest BCUT2D eigenvalue weighted by molar-refractivity contribution is 7.99. The smallest absolute Gasteiger partial charge is 0.191 e. The van der Waals surface area contributed by atoms with E-state index in [4.69, 9.17) is 4.74 Å². The van der Waals surface area contributed by atoms with E-state index in [1.165, 1.54) is 0 Å². The molecule has 4 nitrogen and oxygen atoms in total. The molecule has 0 bridgehead atoms. The molecule has 0 aliphatic carbocycles. The molecule has 1 saturated heterocycles. The first-order valence-electron chi connectivity index (χ1n) is 6.54. The highest BCUT2D eigenvalue weighted by atomic mass is 32.2. The molecule has 1 atom stereocenters. The van der Waals surface area contributed by atoms with Gasteiger partial charge in [0, 0.05) is 31.5 Å². The summed E-state index contributed by atoms with van der Waals surface area (Å²) in [7, 11) is 1.80. The third-order valence-corrected chi connectivity index (χ3v) is 4.64. The molecule has 1 aliphatic heterocycles. The van der Waals surface area contributed by atoms with E-state index in [2.05, 4.69) is 42.7 Å². The summed E-state index contributed by atoms with van der Waals surface area (Å²) in [5.74, 6) is 0.855. The van der Waals surface area contributed by atoms with E-state index in [9.17, 15) is 0 Å². The molecule has 1 rings (SSSR count). The van der Waals surface area contributed by atoms with E-state index in [0.29, 0.717) is 0 Å². The van der Waals surface area contributed by atoms with E-state index in [1.54, 1.807) is 7.05 Å². The van der Waals surface area contributed by atoms with Crippen LogP contribution in [0.15, 0.2) is 4.99 Å². The predicted molar refractivity (Wildman–Crippen MR) is 80.5 cm³/mol. The van der Waals surface area contributed by atoms with Crippen LogP contribution in [-0.4, -0.2) is 49.3 Å². The Hall–Kier alpha value is -0.420. The minimum Gasteiger partial charge on any atom is -0.373 e. The molecule has 1 unspecified atom stereocenters. The molecule has 0 aromatic heterocycles. The van der Waals surface area contributed by atoms with Crippen molar-refractivity contribution in [3.8, 4) is 0 Å². The summed E-state index contributed by atoms with van der Waals surface area (Å²) < 4.78 is 5.97. The van der Waals surface area contributed by atoms with Crippen LogP contribution in [0.1, 0.15) is 33.6 Å². The monoisotopic (exact) mass is 273 g/mol. The molecule has 106 valence electrons. The minimum atomic E-state index is -0.0351. The largest absolute Gasteiger partial charge is 0.373 e. The molecular weight excluding hydrogens is 246 g/mol. The normalized spacial score (nSPS) is 25.3. The first kappa shape index (κ1) is 15.6. The number of guanidine groups is 1. The molecular formula is C13H27N3OS. The van der Waals surface area contributed by atoms with Gasteiger partial charge in [-0.25, -0.2) is 0 Å². The van der Waals surface area contributed by atoms with Crippen LogP contribution in [-0.2, 0) is 4.74 Å². The molecule has 1 aliphatic rings. The van der Waals surface area contributed by atoms with Crippen molar-refractivity contribution in [1.29, 1.82) is 0 Å². The van der Waals surface area contributed by atoms with Crippen LogP contribution >= 0.6 is 11.8 Å². The molecule has 5 heteroatoms. The Labute approximate surface area is 115 Å². The average Bonchev–Trinajstić information content (AvgIpc) is 2.77. The van der Waals surface area contributed by atoms with Gasteiger partial charge in [0.1, 0.15) is 0 Å². The summed E-state index contributed by atoms with van der Waals surface area (Å²) in [4.78, 5) is 4.25. The van der Waals surface area contributed by atoms with Crippen LogP contribution in [0.25, 0.3) is 0 Å². The van der Waals surface area contributed by atoms with Gasteiger partial charge in [-0.15, -0.1) is 0 Å². The van der Waals surface area contributed by atoms with Crippen molar-refractivity contribution in [2.24, 2.45) is 4.99 Å². The molecule has 2 N–H and O–H groups in total. The van der Waals surface area contributed by atoms with Gasteiger partial charge < -0.3 is 15.4 Å². The van der Waals surface area contributed by atoms with Crippen LogP contribution in [0, 0.1) is 0 Å². The standard InChI is InChI=1S/C13H27N3OS/c1-12(2,18-5)9-15-11(14-4)16-10-13(3)7-6-8-17-13/h6-10H2,1-5H3,(H2,14,15,16). The van der Waals surface area contributed by atoms with Crippen LogP contribution < -0.4 is 10.6 Å². The van der Waals surface area contributed by atoms with E-state index >= 15 is 0 Å². The number of ether oxygens (including phenoxy) is 1. The molecule has 0 aromatic rings. The second-order valence-electron chi connectivity index (χ2n) is 5.65. The first-order valence-corrected chi connectivity index (χ1v) is 7.77. The van der Waals surface area contributed by atoms with Crippen molar-refractivity contribution in [1.82, 2.24) is 10.6 Å². The molecule has 1 heterocycles. The molecule has 0 saturated carbocycles. The quantitative estimate of drug-likeness (QED) is 0.593. The molecule has 18 heavy (non-hydrogen) atoms. The van der Waals surface area contributed by atoms with Gasteiger partial charge in [0.05, 0.1) is 5.60 Å². The van der Waals surface area contributed by atoms with Crippen LogP contribution in [0.3, 0.4) is 0 Å². The fourth-order valence-corrected chi connectivity index (χ4v) is 2.05. The van der Waals surface area contributed by atoms with Gasteiger partial charge in [0.15, 0.2) is 5.96 Å². The van der Waals surface area contributed by atoms with Crippen molar-refractivity contribution < 1.29 is 4.74 Å². The van der Waals surface area contributed by atoms with Crippen molar-refractivity contribution in [2.45, 2.75) is 44.0 Å². The third-order valence-electron chi connectivity index (χ3n) is 3.39. The van der Waals surface area contributed by atoms with E-state index < -0.39 is 0 Å². The summed E-state index contributed by atoms with van der Waals surface area (Å²) in [5, 5.41) is 6.72. The highest BCUT2D eigenvalue weighted by Gasteiger charge is 2.29. The fraction of sp³-hybridized carbons (Fsp3) is 0.923. The van der Waals surface area contributed by atoms with Crippen molar-refractivity contribution in [3.63, 3.8) is 0 Å². The summed E-state index contributed by atoms with van der Waals surface area (Å²) in [6, 6.07) is 0. The Kier molecular flexibility index (Phi) is 5.79. The van der Waals surface area contributed by atoms with Crippen molar-refractivity contribution in [3.05, 3.63) is 0 Å². The minimum absolute atomic E-state index is 0.0351. The number of aliphatic imine (C=N–C) groups is 1. The number of nitrogens with zero attached hydrogens (tertiary/aromatic N) is 1. The van der Waals surface area contributed by atoms with E-state index in [1.807, 2.05) is 11.8 Å². The van der Waals surface area contributed by atoms with Crippen molar-refractivity contribution >= 4 is 17.7 Å². The van der Waals surface area contributed by atoms with Crippen LogP contribution in [0.4, 0.5) is 0 Å². The zero-order valence-corrected chi connectivity index (χ0v) is 13.1. The molecule has 0 radical (unpaired) electrons. The Morgan fingerprint density at radius 3 is 2.67 bits per heavy atom. The van der Waals surface area contributed by atoms with E-state index in [0.717, 1.165) is 38.5 Å². The van der Waals surface area contributed by atoms with Gasteiger partial charge in [-0.1, -0.05) is 0 Å². The average molecular weight is 273 g/mol. The maximum absolute atomic E-state index is 5.75. The van der Waals surface area contributed by atoms with Gasteiger partial charge in [-0.2, -0.15) is 11.8 Å². The summed E-state index contributed by atoms with van der Waals surface area (Å²) >= 11 is 1.85. The zero-order valence-electron chi connectivity index (χ0n) is 12.3. The highest BCUT2D eigenvalue weighted by Crippen LogP contribution is 2.23. The lowest BCUT2D eigenvalue weighted by atomic mass is 10.0. The second kappa shape index (κ2) is 6.66. The predicted octanol–water partition coefficient (Wildman–Crippen LogP) is 1.86. The Morgan fingerprint density at radius 1 is 1.44 bits per heavy atom. The summed E-state index contributed by atoms with van der Waals surface area (Å²) in [6.45, 7) is 9.19. The fourth-order valence-electron chi connectivity index (χ4n) is 1.84. The maximum atomic E-state index is 5.75. The number of hydrogen-bond acceptors (Lipinski definition) is 3. The lowest BCUT2D eigenvalue weighted by molar-refractivity contribution is 0.0243. The lowest BCUT2D eigenvalue weighted by Gasteiger charge is -2.27. The Bertz CT molecular complexity index is 286.